The van der Waals surface area contributed by atoms with Gasteiger partial charge in [-0.2, -0.15) is 0 Å². The second-order valence-corrected chi connectivity index (χ2v) is 10.5. The lowest BCUT2D eigenvalue weighted by atomic mass is 9.76. The number of alkyl halides is 3. The Morgan fingerprint density at radius 2 is 1.81 bits per heavy atom. The molecule has 0 fully saturated rings. The molecule has 3 aromatic rings. The topological polar surface area (TPSA) is 38.8 Å². The van der Waals surface area contributed by atoms with Crippen LogP contribution in [-0.2, 0) is 16.6 Å². The number of hydrogen-bond acceptors (Lipinski definition) is 3. The lowest BCUT2D eigenvalue weighted by Crippen LogP contribution is -2.37. The van der Waals surface area contributed by atoms with Gasteiger partial charge in [-0.15, -0.1) is 13.2 Å². The Kier molecular flexibility index (Phi) is 5.56. The number of ether oxygens (including phenoxy) is 2. The number of anilines is 2. The van der Waals surface area contributed by atoms with E-state index in [-0.39, 0.29) is 16.5 Å². The molecule has 0 bridgehead atoms. The molecule has 0 spiro atoms. The van der Waals surface area contributed by atoms with Crippen LogP contribution in [0, 0.1) is 6.92 Å². The molecule has 4 nitrogen and oxygen atoms in total. The number of carbonyl (C=O) groups is 1. The molecule has 2 heterocycles. The lowest BCUT2D eigenvalue weighted by molar-refractivity contribution is -0.274. The first-order valence-corrected chi connectivity index (χ1v) is 12.0. The minimum Gasteiger partial charge on any atom is -0.488 e. The van der Waals surface area contributed by atoms with Crippen molar-refractivity contribution in [1.29, 1.82) is 0 Å². The van der Waals surface area contributed by atoms with Gasteiger partial charge in [-0.1, -0.05) is 35.9 Å². The molecule has 0 aromatic heterocycles. The minimum absolute atomic E-state index is 0.234. The van der Waals surface area contributed by atoms with E-state index >= 15 is 0 Å². The van der Waals surface area contributed by atoms with Crippen molar-refractivity contribution < 1.29 is 27.4 Å². The van der Waals surface area contributed by atoms with Crippen molar-refractivity contribution in [3.63, 3.8) is 0 Å². The first kappa shape index (κ1) is 24.5. The Balaban J connectivity index is 1.70. The Labute approximate surface area is 212 Å². The van der Waals surface area contributed by atoms with Gasteiger partial charge in [-0.25, -0.2) is 0 Å². The summed E-state index contributed by atoms with van der Waals surface area (Å²) in [6, 6.07) is 15.5. The van der Waals surface area contributed by atoms with E-state index in [2.05, 4.69) is 4.74 Å². The highest BCUT2D eigenvalue weighted by atomic mass is 35.5. The number of amides is 1. The zero-order chi connectivity index (χ0) is 26.0. The van der Waals surface area contributed by atoms with Gasteiger partial charge in [0.15, 0.2) is 0 Å². The third-order valence-corrected chi connectivity index (χ3v) is 7.26. The van der Waals surface area contributed by atoms with Crippen LogP contribution in [-0.4, -0.2) is 17.9 Å². The highest BCUT2D eigenvalue weighted by Crippen LogP contribution is 2.53. The summed E-state index contributed by atoms with van der Waals surface area (Å²) in [6.07, 6.45) is -3.36. The fraction of sp³-hybridized carbons (Fsp3) is 0.321. The number of halogens is 4. The Hall–Kier alpha value is -3.19. The average molecular weight is 516 g/mol. The van der Waals surface area contributed by atoms with E-state index in [9.17, 15) is 18.0 Å². The molecule has 36 heavy (non-hydrogen) atoms. The van der Waals surface area contributed by atoms with E-state index in [0.29, 0.717) is 22.5 Å². The largest absolute Gasteiger partial charge is 0.573 e. The monoisotopic (exact) mass is 515 g/mol. The van der Waals surface area contributed by atoms with Gasteiger partial charge >= 0.3 is 6.36 Å². The zero-order valence-electron chi connectivity index (χ0n) is 20.3. The molecule has 3 aromatic carbocycles. The maximum atomic E-state index is 14.2. The van der Waals surface area contributed by atoms with Crippen molar-refractivity contribution in [2.75, 3.05) is 4.90 Å². The van der Waals surface area contributed by atoms with Crippen LogP contribution < -0.4 is 14.4 Å². The molecule has 1 atom stereocenters. The van der Waals surface area contributed by atoms with Crippen molar-refractivity contribution in [3.05, 3.63) is 81.9 Å². The zero-order valence-corrected chi connectivity index (χ0v) is 21.1. The quantitative estimate of drug-likeness (QED) is 0.360. The Morgan fingerprint density at radius 1 is 1.06 bits per heavy atom. The number of nitrogens with zero attached hydrogens (tertiary/aromatic N) is 1. The van der Waals surface area contributed by atoms with E-state index in [1.54, 1.807) is 19.1 Å². The number of carbonyl (C=O) groups excluding carboxylic acids is 1. The van der Waals surface area contributed by atoms with Crippen LogP contribution >= 0.6 is 11.6 Å². The fourth-order valence-corrected chi connectivity index (χ4v) is 5.25. The predicted octanol–water partition coefficient (Wildman–Crippen LogP) is 7.63. The fourth-order valence-electron chi connectivity index (χ4n) is 5.05. The summed E-state index contributed by atoms with van der Waals surface area (Å²) in [5, 5.41) is -0.234. The van der Waals surface area contributed by atoms with Crippen molar-refractivity contribution in [1.82, 2.24) is 0 Å². The maximum absolute atomic E-state index is 14.2. The smallest absolute Gasteiger partial charge is 0.488 e. The average Bonchev–Trinajstić information content (AvgIpc) is 2.99. The summed E-state index contributed by atoms with van der Waals surface area (Å²) in [5.41, 5.74) is 2.38. The molecule has 188 valence electrons. The van der Waals surface area contributed by atoms with Gasteiger partial charge < -0.3 is 9.47 Å². The Bertz CT molecular complexity index is 1380. The van der Waals surface area contributed by atoms with Gasteiger partial charge in [-0.3, -0.25) is 9.69 Å². The molecule has 0 saturated carbocycles. The van der Waals surface area contributed by atoms with E-state index < -0.39 is 17.5 Å². The maximum Gasteiger partial charge on any atom is 0.573 e. The summed E-state index contributed by atoms with van der Waals surface area (Å²) in [4.78, 5) is 15.7. The van der Waals surface area contributed by atoms with Crippen LogP contribution in [0.25, 0.3) is 0 Å². The molecule has 0 N–H and O–H groups in total. The van der Waals surface area contributed by atoms with E-state index in [0.717, 1.165) is 29.7 Å². The molecule has 0 aliphatic carbocycles. The molecule has 0 saturated heterocycles. The SMILES string of the molecule is Cc1cccc(N2C(=O)C(C)(c3ccc4c(c3)CCC(C)(C)O4)c3cc(OC(F)(F)F)c(Cl)cc32)c1. The van der Waals surface area contributed by atoms with Gasteiger partial charge in [-0.05, 0) is 93.1 Å². The first-order valence-electron chi connectivity index (χ1n) is 11.6. The van der Waals surface area contributed by atoms with E-state index in [4.69, 9.17) is 16.3 Å². The highest BCUT2D eigenvalue weighted by Gasteiger charge is 2.50. The molecule has 1 amide bonds. The second kappa shape index (κ2) is 8.17. The standard InChI is InChI=1S/C28H25ClF3NO3/c1-16-6-5-7-19(12-16)33-22-15-21(29)24(36-28(30,31)32)14-20(22)27(4,25(33)34)18-8-9-23-17(13-18)10-11-26(2,3)35-23/h5-9,12-15H,10-11H2,1-4H3. The molecular weight excluding hydrogens is 491 g/mol. The van der Waals surface area contributed by atoms with Crippen LogP contribution in [0.3, 0.4) is 0 Å². The van der Waals surface area contributed by atoms with Gasteiger partial charge in [0.1, 0.15) is 17.1 Å². The number of rotatable bonds is 3. The molecule has 8 heteroatoms. The van der Waals surface area contributed by atoms with Crippen molar-refractivity contribution in [3.8, 4) is 11.5 Å². The van der Waals surface area contributed by atoms with Gasteiger partial charge in [0.05, 0.1) is 16.1 Å². The third kappa shape index (κ3) is 4.09. The number of benzene rings is 3. The molecule has 0 radical (unpaired) electrons. The summed E-state index contributed by atoms with van der Waals surface area (Å²) in [5.74, 6) is -0.0894. The van der Waals surface area contributed by atoms with Gasteiger partial charge in [0.25, 0.3) is 0 Å². The molecule has 2 aliphatic rings. The highest BCUT2D eigenvalue weighted by molar-refractivity contribution is 6.33. The van der Waals surface area contributed by atoms with Crippen LogP contribution in [0.4, 0.5) is 24.5 Å². The Morgan fingerprint density at radius 3 is 2.50 bits per heavy atom. The van der Waals surface area contributed by atoms with Gasteiger partial charge in [0.2, 0.25) is 5.91 Å². The third-order valence-electron chi connectivity index (χ3n) is 6.97. The van der Waals surface area contributed by atoms with Crippen LogP contribution in [0.2, 0.25) is 5.02 Å². The predicted molar refractivity (Wildman–Crippen MR) is 132 cm³/mol. The van der Waals surface area contributed by atoms with Crippen molar-refractivity contribution in [2.24, 2.45) is 0 Å². The molecule has 5 rings (SSSR count). The molecule has 1 unspecified atom stereocenters. The molecule has 2 aliphatic heterocycles. The van der Waals surface area contributed by atoms with E-state index in [1.807, 2.05) is 51.1 Å². The second-order valence-electron chi connectivity index (χ2n) is 10.1. The van der Waals surface area contributed by atoms with Crippen LogP contribution in [0.5, 0.6) is 11.5 Å². The molecular formula is C28H25ClF3NO3. The van der Waals surface area contributed by atoms with Gasteiger partial charge in [0, 0.05) is 5.69 Å². The normalized spacial score (nSPS) is 20.6. The minimum atomic E-state index is -4.93. The van der Waals surface area contributed by atoms with E-state index in [1.165, 1.54) is 17.0 Å². The number of hydrogen-bond donors (Lipinski definition) is 0. The summed E-state index contributed by atoms with van der Waals surface area (Å²) >= 11 is 6.23. The number of fused-ring (bicyclic) bond motifs is 2. The van der Waals surface area contributed by atoms with Crippen molar-refractivity contribution in [2.45, 2.75) is 57.9 Å². The number of aryl methyl sites for hydroxylation is 2. The van der Waals surface area contributed by atoms with Crippen LogP contribution in [0.15, 0.2) is 54.6 Å². The van der Waals surface area contributed by atoms with Crippen molar-refractivity contribution >= 4 is 28.9 Å². The lowest BCUT2D eigenvalue weighted by Gasteiger charge is -2.34. The summed E-state index contributed by atoms with van der Waals surface area (Å²) in [6.45, 7) is 7.67. The first-order chi connectivity index (χ1) is 16.8. The van der Waals surface area contributed by atoms with Crippen LogP contribution in [0.1, 0.15) is 49.4 Å². The summed E-state index contributed by atoms with van der Waals surface area (Å²) < 4.78 is 49.7. The summed E-state index contributed by atoms with van der Waals surface area (Å²) in [7, 11) is 0.